The van der Waals surface area contributed by atoms with Gasteiger partial charge in [0.05, 0.1) is 6.20 Å². The highest BCUT2D eigenvalue weighted by molar-refractivity contribution is 5.76. The molecule has 1 atom stereocenters. The third-order valence-corrected chi connectivity index (χ3v) is 4.23. The summed E-state index contributed by atoms with van der Waals surface area (Å²) in [6.07, 6.45) is 2.65. The first-order chi connectivity index (χ1) is 11.5. The number of carbonyl (C=O) groups is 1. The zero-order valence-corrected chi connectivity index (χ0v) is 13.9. The molecule has 3 heterocycles. The second-order valence-corrected chi connectivity index (χ2v) is 6.09. The summed E-state index contributed by atoms with van der Waals surface area (Å²) in [5, 5.41) is 3.18. The molecule has 0 saturated carbocycles. The summed E-state index contributed by atoms with van der Waals surface area (Å²) in [5.74, 6) is 0.669. The molecule has 1 saturated heterocycles. The largest absolute Gasteiger partial charge is 0.342 e. The van der Waals surface area contributed by atoms with E-state index in [9.17, 15) is 9.18 Å². The number of anilines is 2. The molecule has 2 aromatic rings. The molecule has 0 radical (unpaired) electrons. The lowest BCUT2D eigenvalue weighted by molar-refractivity contribution is -0.129. The Kier molecular flexibility index (Phi) is 4.74. The van der Waals surface area contributed by atoms with Crippen LogP contribution in [0.4, 0.5) is 15.9 Å². The fourth-order valence-electron chi connectivity index (χ4n) is 3.02. The van der Waals surface area contributed by atoms with Gasteiger partial charge in [0.1, 0.15) is 11.6 Å². The van der Waals surface area contributed by atoms with Gasteiger partial charge in [0.2, 0.25) is 5.91 Å². The van der Waals surface area contributed by atoms with Gasteiger partial charge in [-0.15, -0.1) is 0 Å². The van der Waals surface area contributed by atoms with E-state index in [1.165, 1.54) is 12.3 Å². The first-order valence-electron chi connectivity index (χ1n) is 8.20. The monoisotopic (exact) mass is 328 g/mol. The Morgan fingerprint density at radius 2 is 2.25 bits per heavy atom. The third-order valence-electron chi connectivity index (χ3n) is 4.23. The second kappa shape index (κ2) is 6.95. The molecule has 1 aliphatic rings. The van der Waals surface area contributed by atoms with E-state index in [0.29, 0.717) is 12.2 Å². The Morgan fingerprint density at radius 1 is 1.42 bits per heavy atom. The maximum Gasteiger partial charge on any atom is 0.222 e. The van der Waals surface area contributed by atoms with Crippen LogP contribution < -0.4 is 5.32 Å². The van der Waals surface area contributed by atoms with Crippen LogP contribution in [-0.2, 0) is 4.79 Å². The van der Waals surface area contributed by atoms with Crippen molar-refractivity contribution in [3.8, 4) is 0 Å². The van der Waals surface area contributed by atoms with Gasteiger partial charge in [0.15, 0.2) is 0 Å². The topological polar surface area (TPSA) is 58.1 Å². The van der Waals surface area contributed by atoms with Crippen molar-refractivity contribution in [3.63, 3.8) is 0 Å². The number of aromatic nitrogens is 2. The molecule has 1 amide bonds. The smallest absolute Gasteiger partial charge is 0.222 e. The average molecular weight is 328 g/mol. The van der Waals surface area contributed by atoms with E-state index in [4.69, 9.17) is 0 Å². The maximum atomic E-state index is 13.0. The standard InChI is InChI=1S/C18H21FN4O/c1-3-18(24)23-7-6-13(11-23)16-9-15(8-12(2)21-16)22-17-5-4-14(19)10-20-17/h4-5,8-10,13H,3,6-7,11H2,1-2H3,(H,20,21,22)/t13-/m0/s1. The predicted molar refractivity (Wildman–Crippen MR) is 90.7 cm³/mol. The van der Waals surface area contributed by atoms with Crippen molar-refractivity contribution in [2.75, 3.05) is 18.4 Å². The normalized spacial score (nSPS) is 17.1. The van der Waals surface area contributed by atoms with E-state index in [2.05, 4.69) is 15.3 Å². The van der Waals surface area contributed by atoms with Crippen molar-refractivity contribution in [2.45, 2.75) is 32.6 Å². The van der Waals surface area contributed by atoms with Crippen LogP contribution >= 0.6 is 0 Å². The number of halogens is 1. The number of hydrogen-bond acceptors (Lipinski definition) is 4. The van der Waals surface area contributed by atoms with Crippen molar-refractivity contribution in [3.05, 3.63) is 47.7 Å². The van der Waals surface area contributed by atoms with Crippen molar-refractivity contribution in [1.82, 2.24) is 14.9 Å². The summed E-state index contributed by atoms with van der Waals surface area (Å²) in [7, 11) is 0. The van der Waals surface area contributed by atoms with Crippen molar-refractivity contribution in [1.29, 1.82) is 0 Å². The lowest BCUT2D eigenvalue weighted by Gasteiger charge is -2.16. The third kappa shape index (κ3) is 3.69. The van der Waals surface area contributed by atoms with Crippen LogP contribution in [0.1, 0.15) is 37.1 Å². The summed E-state index contributed by atoms with van der Waals surface area (Å²) >= 11 is 0. The lowest BCUT2D eigenvalue weighted by atomic mass is 10.0. The number of hydrogen-bond donors (Lipinski definition) is 1. The number of nitrogens with one attached hydrogen (secondary N) is 1. The summed E-state index contributed by atoms with van der Waals surface area (Å²) in [6, 6.07) is 6.89. The molecule has 0 spiro atoms. The molecule has 0 bridgehead atoms. The number of amides is 1. The molecule has 2 aromatic heterocycles. The highest BCUT2D eigenvalue weighted by atomic mass is 19.1. The minimum absolute atomic E-state index is 0.194. The predicted octanol–water partition coefficient (Wildman–Crippen LogP) is 3.39. The van der Waals surface area contributed by atoms with Gasteiger partial charge >= 0.3 is 0 Å². The number of aryl methyl sites for hydroxylation is 1. The van der Waals surface area contributed by atoms with Gasteiger partial charge in [-0.2, -0.15) is 0 Å². The zero-order chi connectivity index (χ0) is 17.1. The van der Waals surface area contributed by atoms with Crippen LogP contribution in [0.5, 0.6) is 0 Å². The number of nitrogens with zero attached hydrogens (tertiary/aromatic N) is 3. The number of likely N-dealkylation sites (tertiary alicyclic amines) is 1. The fourth-order valence-corrected chi connectivity index (χ4v) is 3.02. The molecular formula is C18H21FN4O. The summed E-state index contributed by atoms with van der Waals surface area (Å²) in [6.45, 7) is 5.33. The molecule has 1 fully saturated rings. The Labute approximate surface area is 140 Å². The Hall–Kier alpha value is -2.50. The minimum atomic E-state index is -0.362. The van der Waals surface area contributed by atoms with Crippen LogP contribution in [-0.4, -0.2) is 33.9 Å². The van der Waals surface area contributed by atoms with Gasteiger partial charge in [-0.3, -0.25) is 9.78 Å². The fraction of sp³-hybridized carbons (Fsp3) is 0.389. The van der Waals surface area contributed by atoms with Gasteiger partial charge in [-0.1, -0.05) is 6.92 Å². The van der Waals surface area contributed by atoms with Crippen LogP contribution in [0.15, 0.2) is 30.5 Å². The molecule has 24 heavy (non-hydrogen) atoms. The maximum absolute atomic E-state index is 13.0. The van der Waals surface area contributed by atoms with Crippen molar-refractivity contribution in [2.24, 2.45) is 0 Å². The van der Waals surface area contributed by atoms with Gasteiger partial charge in [-0.05, 0) is 37.6 Å². The Bertz CT molecular complexity index is 732. The quantitative estimate of drug-likeness (QED) is 0.934. The molecule has 126 valence electrons. The molecule has 1 N–H and O–H groups in total. The minimum Gasteiger partial charge on any atom is -0.342 e. The van der Waals surface area contributed by atoms with Gasteiger partial charge in [-0.25, -0.2) is 9.37 Å². The second-order valence-electron chi connectivity index (χ2n) is 6.09. The first-order valence-corrected chi connectivity index (χ1v) is 8.20. The van der Waals surface area contributed by atoms with E-state index < -0.39 is 0 Å². The van der Waals surface area contributed by atoms with E-state index >= 15 is 0 Å². The summed E-state index contributed by atoms with van der Waals surface area (Å²) in [5.41, 5.74) is 2.75. The SMILES string of the molecule is CCC(=O)N1CC[C@H](c2cc(Nc3ccc(F)cn3)cc(C)n2)C1. The van der Waals surface area contributed by atoms with E-state index in [1.807, 2.05) is 30.9 Å². The first kappa shape index (κ1) is 16.4. The lowest BCUT2D eigenvalue weighted by Crippen LogP contribution is -2.27. The number of rotatable bonds is 4. The van der Waals surface area contributed by atoms with Crippen LogP contribution in [0.2, 0.25) is 0 Å². The molecule has 3 rings (SSSR count). The van der Waals surface area contributed by atoms with Crippen LogP contribution in [0.3, 0.4) is 0 Å². The Balaban J connectivity index is 1.77. The molecule has 5 nitrogen and oxygen atoms in total. The number of pyridine rings is 2. The van der Waals surface area contributed by atoms with E-state index in [0.717, 1.165) is 36.6 Å². The average Bonchev–Trinajstić information content (AvgIpc) is 3.06. The van der Waals surface area contributed by atoms with Gasteiger partial charge in [0, 0.05) is 42.5 Å². The van der Waals surface area contributed by atoms with Crippen molar-refractivity contribution < 1.29 is 9.18 Å². The van der Waals surface area contributed by atoms with Gasteiger partial charge in [0.25, 0.3) is 0 Å². The van der Waals surface area contributed by atoms with E-state index in [-0.39, 0.29) is 17.6 Å². The van der Waals surface area contributed by atoms with Crippen LogP contribution in [0.25, 0.3) is 0 Å². The summed E-state index contributed by atoms with van der Waals surface area (Å²) in [4.78, 5) is 22.4. The molecule has 1 aliphatic heterocycles. The Morgan fingerprint density at radius 3 is 2.96 bits per heavy atom. The number of carbonyl (C=O) groups excluding carboxylic acids is 1. The van der Waals surface area contributed by atoms with E-state index in [1.54, 1.807) is 6.07 Å². The molecule has 0 aromatic carbocycles. The molecule has 6 heteroatoms. The summed E-state index contributed by atoms with van der Waals surface area (Å²) < 4.78 is 13.0. The molecule has 0 unspecified atom stereocenters. The zero-order valence-electron chi connectivity index (χ0n) is 13.9. The van der Waals surface area contributed by atoms with Crippen molar-refractivity contribution >= 4 is 17.4 Å². The molecule has 0 aliphatic carbocycles. The highest BCUT2D eigenvalue weighted by Gasteiger charge is 2.27. The van der Waals surface area contributed by atoms with Gasteiger partial charge < -0.3 is 10.2 Å². The highest BCUT2D eigenvalue weighted by Crippen LogP contribution is 2.29. The van der Waals surface area contributed by atoms with Crippen LogP contribution in [0, 0.1) is 12.7 Å². The molecular weight excluding hydrogens is 307 g/mol.